The third kappa shape index (κ3) is 6.90. The highest BCUT2D eigenvalue weighted by molar-refractivity contribution is 7.80. The molecule has 2 N–H and O–H groups in total. The molecule has 0 aliphatic rings. The van der Waals surface area contributed by atoms with Crippen molar-refractivity contribution in [3.8, 4) is 0 Å². The first-order chi connectivity index (χ1) is 9.76. The predicted octanol–water partition coefficient (Wildman–Crippen LogP) is 3.38. The summed E-state index contributed by atoms with van der Waals surface area (Å²) in [5.74, 6) is 0. The van der Waals surface area contributed by atoms with E-state index in [0.29, 0.717) is 5.11 Å². The summed E-state index contributed by atoms with van der Waals surface area (Å²) in [6, 6.07) is 10.4. The van der Waals surface area contributed by atoms with Gasteiger partial charge in [0.2, 0.25) is 0 Å². The van der Waals surface area contributed by atoms with Gasteiger partial charge in [0.25, 0.3) is 0 Å². The van der Waals surface area contributed by atoms with E-state index in [2.05, 4.69) is 48.1 Å². The molecule has 0 unspecified atom stereocenters. The largest absolute Gasteiger partial charge is 0.362 e. The molecule has 0 amide bonds. The van der Waals surface area contributed by atoms with E-state index in [4.69, 9.17) is 12.2 Å². The van der Waals surface area contributed by atoms with Gasteiger partial charge in [0.05, 0.1) is 0 Å². The van der Waals surface area contributed by atoms with Crippen molar-refractivity contribution in [2.45, 2.75) is 12.8 Å². The van der Waals surface area contributed by atoms with Crippen LogP contribution in [-0.4, -0.2) is 18.2 Å². The van der Waals surface area contributed by atoms with Crippen LogP contribution in [0.3, 0.4) is 0 Å². The van der Waals surface area contributed by atoms with Crippen LogP contribution >= 0.6 is 12.2 Å². The van der Waals surface area contributed by atoms with Gasteiger partial charge >= 0.3 is 0 Å². The lowest BCUT2D eigenvalue weighted by Crippen LogP contribution is -2.36. The van der Waals surface area contributed by atoms with E-state index in [1.807, 2.05) is 18.2 Å². The second-order valence-corrected chi connectivity index (χ2v) is 4.76. The Morgan fingerprint density at radius 1 is 1.10 bits per heavy atom. The van der Waals surface area contributed by atoms with Crippen LogP contribution in [0.4, 0.5) is 0 Å². The molecule has 0 bridgehead atoms. The molecule has 106 valence electrons. The lowest BCUT2D eigenvalue weighted by molar-refractivity contribution is 0.804. The number of hydrogen-bond acceptors (Lipinski definition) is 1. The van der Waals surface area contributed by atoms with E-state index in [-0.39, 0.29) is 0 Å². The van der Waals surface area contributed by atoms with Gasteiger partial charge in [-0.2, -0.15) is 0 Å². The zero-order chi connectivity index (χ0) is 14.6. The maximum Gasteiger partial charge on any atom is 0.166 e. The fourth-order valence-electron chi connectivity index (χ4n) is 1.75. The summed E-state index contributed by atoms with van der Waals surface area (Å²) < 4.78 is 0. The van der Waals surface area contributed by atoms with E-state index in [9.17, 15) is 0 Å². The molecule has 3 heteroatoms. The van der Waals surface area contributed by atoms with Gasteiger partial charge in [-0.3, -0.25) is 0 Å². The van der Waals surface area contributed by atoms with Crippen LogP contribution < -0.4 is 10.6 Å². The van der Waals surface area contributed by atoms with Crippen molar-refractivity contribution < 1.29 is 0 Å². The Morgan fingerprint density at radius 3 is 2.45 bits per heavy atom. The Morgan fingerprint density at radius 2 is 1.80 bits per heavy atom. The molecule has 0 aromatic heterocycles. The van der Waals surface area contributed by atoms with Crippen LogP contribution in [0.1, 0.15) is 12.0 Å². The number of hydrogen-bond donors (Lipinski definition) is 2. The van der Waals surface area contributed by atoms with E-state index in [1.165, 1.54) is 5.56 Å². The van der Waals surface area contributed by atoms with Crippen molar-refractivity contribution in [3.63, 3.8) is 0 Å². The van der Waals surface area contributed by atoms with Crippen LogP contribution in [0.5, 0.6) is 0 Å². The summed E-state index contributed by atoms with van der Waals surface area (Å²) in [4.78, 5) is 0. The molecule has 0 aliphatic carbocycles. The molecule has 0 saturated heterocycles. The molecule has 0 fully saturated rings. The fraction of sp³-hybridized carbons (Fsp3) is 0.235. The maximum atomic E-state index is 5.23. The minimum atomic E-state index is 0.697. The molecule has 0 radical (unpaired) electrons. The van der Waals surface area contributed by atoms with Crippen LogP contribution in [0.25, 0.3) is 0 Å². The minimum Gasteiger partial charge on any atom is -0.362 e. The molecule has 2 nitrogen and oxygen atoms in total. The van der Waals surface area contributed by atoms with Crippen molar-refractivity contribution in [3.05, 3.63) is 72.9 Å². The first kappa shape index (κ1) is 16.2. The number of rotatable bonds is 8. The standard InChI is InChI=1S/C17H22N2S/c1-3-8-15(4-2)11-13-18-17(20)19-14-12-16-9-6-5-7-10-16/h3-10H,1-2,11-14H2,(H2,18,19,20)/b15-8+. The van der Waals surface area contributed by atoms with Gasteiger partial charge < -0.3 is 10.6 Å². The quantitative estimate of drug-likeness (QED) is 0.566. The molecule has 0 heterocycles. The van der Waals surface area contributed by atoms with Crippen LogP contribution in [-0.2, 0) is 6.42 Å². The molecule has 20 heavy (non-hydrogen) atoms. The third-order valence-electron chi connectivity index (χ3n) is 2.84. The van der Waals surface area contributed by atoms with Gasteiger partial charge in [-0.25, -0.2) is 0 Å². The van der Waals surface area contributed by atoms with Gasteiger partial charge in [-0.15, -0.1) is 0 Å². The third-order valence-corrected chi connectivity index (χ3v) is 3.12. The van der Waals surface area contributed by atoms with Crippen LogP contribution in [0.15, 0.2) is 67.3 Å². The summed E-state index contributed by atoms with van der Waals surface area (Å²) in [7, 11) is 0. The van der Waals surface area contributed by atoms with Gasteiger partial charge in [0.1, 0.15) is 0 Å². The number of allylic oxidation sites excluding steroid dienone is 3. The molecular formula is C17H22N2S. The lowest BCUT2D eigenvalue weighted by Gasteiger charge is -2.10. The van der Waals surface area contributed by atoms with Crippen molar-refractivity contribution in [2.75, 3.05) is 13.1 Å². The van der Waals surface area contributed by atoms with Crippen LogP contribution in [0, 0.1) is 0 Å². The van der Waals surface area contributed by atoms with Crippen molar-refractivity contribution in [1.82, 2.24) is 10.6 Å². The molecule has 1 aromatic rings. The highest BCUT2D eigenvalue weighted by Gasteiger charge is 1.96. The summed E-state index contributed by atoms with van der Waals surface area (Å²) in [6.07, 6.45) is 7.43. The summed E-state index contributed by atoms with van der Waals surface area (Å²) in [6.45, 7) is 9.08. The highest BCUT2D eigenvalue weighted by Crippen LogP contribution is 2.01. The molecule has 0 aliphatic heterocycles. The lowest BCUT2D eigenvalue weighted by atomic mass is 10.1. The first-order valence-electron chi connectivity index (χ1n) is 6.76. The second kappa shape index (κ2) is 9.98. The van der Waals surface area contributed by atoms with E-state index in [0.717, 1.165) is 31.5 Å². The van der Waals surface area contributed by atoms with Gasteiger partial charge in [0, 0.05) is 13.1 Å². The molecule has 1 aromatic carbocycles. The minimum absolute atomic E-state index is 0.697. The fourth-order valence-corrected chi connectivity index (χ4v) is 1.96. The molecule has 0 atom stereocenters. The summed E-state index contributed by atoms with van der Waals surface area (Å²) >= 11 is 5.23. The average Bonchev–Trinajstić information content (AvgIpc) is 2.47. The Labute approximate surface area is 127 Å². The summed E-state index contributed by atoms with van der Waals surface area (Å²) in [5, 5.41) is 7.10. The zero-order valence-corrected chi connectivity index (χ0v) is 12.6. The molecule has 0 saturated carbocycles. The monoisotopic (exact) mass is 286 g/mol. The zero-order valence-electron chi connectivity index (χ0n) is 11.8. The van der Waals surface area contributed by atoms with Gasteiger partial charge in [-0.05, 0) is 36.2 Å². The number of nitrogens with one attached hydrogen (secondary N) is 2. The molecule has 0 spiro atoms. The molecular weight excluding hydrogens is 264 g/mol. The van der Waals surface area contributed by atoms with Crippen LogP contribution in [0.2, 0.25) is 0 Å². The van der Waals surface area contributed by atoms with Gasteiger partial charge in [0.15, 0.2) is 5.11 Å². The Bertz CT molecular complexity index is 463. The first-order valence-corrected chi connectivity index (χ1v) is 7.16. The van der Waals surface area contributed by atoms with Crippen molar-refractivity contribution >= 4 is 17.3 Å². The highest BCUT2D eigenvalue weighted by atomic mass is 32.1. The SMILES string of the molecule is C=C/C=C(\C=C)CCNC(=S)NCCc1ccccc1. The number of thiocarbonyl (C=S) groups is 1. The van der Waals surface area contributed by atoms with Crippen molar-refractivity contribution in [1.29, 1.82) is 0 Å². The molecule has 1 rings (SSSR count). The normalized spacial score (nSPS) is 10.7. The van der Waals surface area contributed by atoms with Crippen molar-refractivity contribution in [2.24, 2.45) is 0 Å². The predicted molar refractivity (Wildman–Crippen MR) is 91.8 cm³/mol. The van der Waals surface area contributed by atoms with E-state index >= 15 is 0 Å². The Hall–Kier alpha value is -1.87. The summed E-state index contributed by atoms with van der Waals surface area (Å²) in [5.41, 5.74) is 2.46. The Balaban J connectivity index is 2.16. The van der Waals surface area contributed by atoms with Gasteiger partial charge in [-0.1, -0.05) is 61.7 Å². The smallest absolute Gasteiger partial charge is 0.166 e. The second-order valence-electron chi connectivity index (χ2n) is 4.35. The van der Waals surface area contributed by atoms with E-state index in [1.54, 1.807) is 6.08 Å². The topological polar surface area (TPSA) is 24.1 Å². The number of benzene rings is 1. The van der Waals surface area contributed by atoms with E-state index < -0.39 is 0 Å². The Kier molecular flexibility index (Phi) is 8.08. The average molecular weight is 286 g/mol. The maximum absolute atomic E-state index is 5.23.